The first kappa shape index (κ1) is 21.2. The van der Waals surface area contributed by atoms with Gasteiger partial charge < -0.3 is 11.1 Å². The van der Waals surface area contributed by atoms with Gasteiger partial charge in [0.15, 0.2) is 0 Å². The largest absolute Gasteiger partial charge is 0.369 e. The van der Waals surface area contributed by atoms with Crippen LogP contribution in [0.4, 0.5) is 11.4 Å². The van der Waals surface area contributed by atoms with Crippen molar-refractivity contribution in [1.29, 1.82) is 0 Å². The topological polar surface area (TPSA) is 119 Å². The minimum Gasteiger partial charge on any atom is -0.369 e. The summed E-state index contributed by atoms with van der Waals surface area (Å²) in [6.07, 6.45) is 4.42. The molecular weight excluding hydrogens is 384 g/mol. The molecule has 2 aromatic rings. The number of amides is 2. The van der Waals surface area contributed by atoms with Crippen molar-refractivity contribution in [3.05, 3.63) is 75.8 Å². The Balaban J connectivity index is 1.68. The second kappa shape index (κ2) is 9.80. The van der Waals surface area contributed by atoms with E-state index in [1.165, 1.54) is 18.2 Å². The first-order chi connectivity index (χ1) is 14.4. The molecule has 1 aliphatic rings. The third kappa shape index (κ3) is 5.51. The molecule has 8 heteroatoms. The number of benzene rings is 2. The van der Waals surface area contributed by atoms with Crippen molar-refractivity contribution in [3.8, 4) is 0 Å². The molecule has 2 amide bonds. The van der Waals surface area contributed by atoms with Crippen molar-refractivity contribution >= 4 is 29.3 Å². The Bertz CT molecular complexity index is 973. The molecule has 8 nitrogen and oxygen atoms in total. The highest BCUT2D eigenvalue weighted by atomic mass is 16.6. The van der Waals surface area contributed by atoms with Crippen LogP contribution in [0.3, 0.4) is 0 Å². The summed E-state index contributed by atoms with van der Waals surface area (Å²) in [6, 6.07) is 13.7. The molecular formula is C22H24N4O4. The van der Waals surface area contributed by atoms with Crippen LogP contribution in [0.2, 0.25) is 0 Å². The molecule has 30 heavy (non-hydrogen) atoms. The first-order valence-electron chi connectivity index (χ1n) is 9.76. The minimum absolute atomic E-state index is 0.0592. The van der Waals surface area contributed by atoms with Crippen LogP contribution in [0.25, 0.3) is 6.08 Å². The maximum atomic E-state index is 12.4. The number of para-hydroxylation sites is 2. The van der Waals surface area contributed by atoms with Crippen LogP contribution in [0.1, 0.15) is 24.0 Å². The van der Waals surface area contributed by atoms with Crippen molar-refractivity contribution < 1.29 is 14.5 Å². The van der Waals surface area contributed by atoms with Crippen molar-refractivity contribution in [1.82, 2.24) is 4.90 Å². The lowest BCUT2D eigenvalue weighted by molar-refractivity contribution is -0.385. The normalized spacial score (nSPS) is 17.0. The molecule has 0 bridgehead atoms. The van der Waals surface area contributed by atoms with Gasteiger partial charge in [-0.25, -0.2) is 0 Å². The number of primary amides is 1. The highest BCUT2D eigenvalue weighted by Crippen LogP contribution is 2.23. The molecule has 0 aliphatic carbocycles. The van der Waals surface area contributed by atoms with E-state index < -0.39 is 4.92 Å². The van der Waals surface area contributed by atoms with E-state index in [-0.39, 0.29) is 23.4 Å². The fourth-order valence-electron chi connectivity index (χ4n) is 3.59. The van der Waals surface area contributed by atoms with Crippen molar-refractivity contribution in [2.75, 3.05) is 18.4 Å². The van der Waals surface area contributed by atoms with E-state index in [1.807, 2.05) is 24.3 Å². The number of carbonyl (C=O) groups is 2. The number of piperidine rings is 1. The third-order valence-corrected chi connectivity index (χ3v) is 5.12. The van der Waals surface area contributed by atoms with Crippen LogP contribution >= 0.6 is 0 Å². The molecule has 0 spiro atoms. The molecule has 1 atom stereocenters. The van der Waals surface area contributed by atoms with Crippen LogP contribution < -0.4 is 11.1 Å². The summed E-state index contributed by atoms with van der Waals surface area (Å²) in [5, 5.41) is 13.9. The fraction of sp³-hybridized carbons (Fsp3) is 0.273. The van der Waals surface area contributed by atoms with Gasteiger partial charge in [-0.3, -0.25) is 24.6 Å². The Morgan fingerprint density at radius 3 is 2.70 bits per heavy atom. The number of nitrogens with two attached hydrogens (primary N) is 1. The second-order valence-electron chi connectivity index (χ2n) is 7.27. The summed E-state index contributed by atoms with van der Waals surface area (Å²) >= 11 is 0. The van der Waals surface area contributed by atoms with Gasteiger partial charge in [0.2, 0.25) is 11.8 Å². The maximum Gasteiger partial charge on any atom is 0.276 e. The first-order valence-corrected chi connectivity index (χ1v) is 9.76. The Morgan fingerprint density at radius 1 is 1.20 bits per heavy atom. The SMILES string of the molecule is NC(=O)C1CCCN(Cc2ccccc2NC(=O)/C=C/c2ccccc2[N+](=O)[O-])C1. The van der Waals surface area contributed by atoms with Gasteiger partial charge in [-0.05, 0) is 43.2 Å². The van der Waals surface area contributed by atoms with E-state index in [9.17, 15) is 19.7 Å². The monoisotopic (exact) mass is 408 g/mol. The Hall–Kier alpha value is -3.52. The number of hydrogen-bond donors (Lipinski definition) is 2. The van der Waals surface area contributed by atoms with Gasteiger partial charge in [0.05, 0.1) is 16.4 Å². The molecule has 0 aromatic heterocycles. The van der Waals surface area contributed by atoms with E-state index in [2.05, 4.69) is 10.2 Å². The van der Waals surface area contributed by atoms with Crippen molar-refractivity contribution in [3.63, 3.8) is 0 Å². The highest BCUT2D eigenvalue weighted by Gasteiger charge is 2.24. The van der Waals surface area contributed by atoms with E-state index >= 15 is 0 Å². The molecule has 2 aromatic carbocycles. The number of hydrogen-bond acceptors (Lipinski definition) is 5. The number of carbonyl (C=O) groups excluding carboxylic acids is 2. The smallest absolute Gasteiger partial charge is 0.276 e. The number of nitrogens with one attached hydrogen (secondary N) is 1. The van der Waals surface area contributed by atoms with Gasteiger partial charge in [-0.15, -0.1) is 0 Å². The Labute approximate surface area is 174 Å². The van der Waals surface area contributed by atoms with Gasteiger partial charge in [-0.2, -0.15) is 0 Å². The van der Waals surface area contributed by atoms with Crippen LogP contribution in [-0.4, -0.2) is 34.7 Å². The molecule has 1 saturated heterocycles. The zero-order valence-corrected chi connectivity index (χ0v) is 16.5. The average Bonchev–Trinajstić information content (AvgIpc) is 2.74. The number of nitrogens with zero attached hydrogens (tertiary/aromatic N) is 2. The number of likely N-dealkylation sites (tertiary alicyclic amines) is 1. The molecule has 1 heterocycles. The lowest BCUT2D eigenvalue weighted by atomic mass is 9.97. The van der Waals surface area contributed by atoms with E-state index in [1.54, 1.807) is 18.2 Å². The molecule has 156 valence electrons. The summed E-state index contributed by atoms with van der Waals surface area (Å²) < 4.78 is 0. The average molecular weight is 408 g/mol. The number of anilines is 1. The van der Waals surface area contributed by atoms with Crippen LogP contribution in [0, 0.1) is 16.0 Å². The molecule has 1 aliphatic heterocycles. The molecule has 1 fully saturated rings. The fourth-order valence-corrected chi connectivity index (χ4v) is 3.59. The van der Waals surface area contributed by atoms with Crippen LogP contribution in [-0.2, 0) is 16.1 Å². The number of rotatable bonds is 7. The van der Waals surface area contributed by atoms with Gasteiger partial charge in [0.25, 0.3) is 5.69 Å². The van der Waals surface area contributed by atoms with Gasteiger partial charge in [-0.1, -0.05) is 30.3 Å². The maximum absolute atomic E-state index is 12.4. The summed E-state index contributed by atoms with van der Waals surface area (Å²) in [6.45, 7) is 2.06. The van der Waals surface area contributed by atoms with Crippen molar-refractivity contribution in [2.45, 2.75) is 19.4 Å². The summed E-state index contributed by atoms with van der Waals surface area (Å²) in [5.41, 5.74) is 7.34. The van der Waals surface area contributed by atoms with Crippen molar-refractivity contribution in [2.24, 2.45) is 11.7 Å². The molecule has 3 rings (SSSR count). The zero-order valence-electron chi connectivity index (χ0n) is 16.5. The summed E-state index contributed by atoms with van der Waals surface area (Å²) in [5.74, 6) is -0.805. The third-order valence-electron chi connectivity index (χ3n) is 5.12. The Kier molecular flexibility index (Phi) is 6.92. The standard InChI is InChI=1S/C22H24N4O4/c23-22(28)18-8-5-13-25(15-18)14-17-7-1-3-9-19(17)24-21(27)12-11-16-6-2-4-10-20(16)26(29)30/h1-4,6-7,9-12,18H,5,8,13-15H2,(H2,23,28)(H,24,27)/b12-11+. The van der Waals surface area contributed by atoms with E-state index in [0.717, 1.165) is 24.9 Å². The van der Waals surface area contributed by atoms with Gasteiger partial charge in [0, 0.05) is 30.9 Å². The van der Waals surface area contributed by atoms with Gasteiger partial charge in [0.1, 0.15) is 0 Å². The molecule has 0 radical (unpaired) electrons. The number of nitro groups is 1. The highest BCUT2D eigenvalue weighted by molar-refractivity contribution is 6.02. The minimum atomic E-state index is -0.481. The lowest BCUT2D eigenvalue weighted by Gasteiger charge is -2.31. The number of nitro benzene ring substituents is 1. The zero-order chi connectivity index (χ0) is 21.5. The second-order valence-corrected chi connectivity index (χ2v) is 7.27. The van der Waals surface area contributed by atoms with E-state index in [0.29, 0.717) is 24.3 Å². The Morgan fingerprint density at radius 2 is 1.93 bits per heavy atom. The summed E-state index contributed by atoms with van der Waals surface area (Å²) in [4.78, 5) is 36.7. The lowest BCUT2D eigenvalue weighted by Crippen LogP contribution is -2.40. The molecule has 0 saturated carbocycles. The van der Waals surface area contributed by atoms with Crippen LogP contribution in [0.15, 0.2) is 54.6 Å². The predicted octanol–water partition coefficient (Wildman–Crippen LogP) is 2.94. The predicted molar refractivity (Wildman–Crippen MR) is 114 cm³/mol. The molecule has 3 N–H and O–H groups in total. The van der Waals surface area contributed by atoms with Gasteiger partial charge >= 0.3 is 0 Å². The van der Waals surface area contributed by atoms with E-state index in [4.69, 9.17) is 5.73 Å². The summed E-state index contributed by atoms with van der Waals surface area (Å²) in [7, 11) is 0. The van der Waals surface area contributed by atoms with Crippen LogP contribution in [0.5, 0.6) is 0 Å². The molecule has 1 unspecified atom stereocenters. The quantitative estimate of drug-likeness (QED) is 0.415.